The Morgan fingerprint density at radius 2 is 1.65 bits per heavy atom. The first kappa shape index (κ1) is 24.8. The first-order valence-corrected chi connectivity index (χ1v) is 11.2. The maximum atomic E-state index is 14.4. The summed E-state index contributed by atoms with van der Waals surface area (Å²) in [6, 6.07) is 8.05. The van der Waals surface area contributed by atoms with Crippen molar-refractivity contribution >= 4 is 6.08 Å². The lowest BCUT2D eigenvalue weighted by atomic mass is 9.79. The second-order valence-electron chi connectivity index (χ2n) is 7.43. The van der Waals surface area contributed by atoms with Gasteiger partial charge in [0, 0.05) is 11.6 Å². The molecule has 0 atom stereocenters. The summed E-state index contributed by atoms with van der Waals surface area (Å²) in [6.07, 6.45) is 6.58. The van der Waals surface area contributed by atoms with Gasteiger partial charge >= 0.3 is 0 Å². The lowest BCUT2D eigenvalue weighted by Crippen LogP contribution is -2.20. The van der Waals surface area contributed by atoms with Crippen molar-refractivity contribution in [3.05, 3.63) is 65.0 Å². The number of hydrogen-bond acceptors (Lipinski definition) is 2. The molecule has 1 aliphatic carbocycles. The van der Waals surface area contributed by atoms with E-state index >= 15 is 0 Å². The van der Waals surface area contributed by atoms with Crippen LogP contribution < -0.4 is 9.47 Å². The Hall–Kier alpha value is -2.43. The molecule has 2 nitrogen and oxygen atoms in total. The zero-order valence-corrected chi connectivity index (χ0v) is 18.9. The van der Waals surface area contributed by atoms with Crippen molar-refractivity contribution in [2.75, 3.05) is 13.2 Å². The monoisotopic (exact) mass is 434 g/mol. The third-order valence-electron chi connectivity index (χ3n) is 5.47. The molecule has 1 aliphatic rings. The Balaban J connectivity index is 0.00000166. The van der Waals surface area contributed by atoms with Gasteiger partial charge < -0.3 is 9.47 Å². The van der Waals surface area contributed by atoms with Crippen molar-refractivity contribution in [2.24, 2.45) is 5.92 Å². The highest BCUT2D eigenvalue weighted by Crippen LogP contribution is 2.38. The van der Waals surface area contributed by atoms with Crippen LogP contribution in [0.4, 0.5) is 13.2 Å². The zero-order chi connectivity index (χ0) is 22.8. The highest BCUT2D eigenvalue weighted by Gasteiger charge is 2.25. The number of halogens is 3. The fourth-order valence-corrected chi connectivity index (χ4v) is 3.91. The molecule has 1 fully saturated rings. The van der Waals surface area contributed by atoms with Crippen LogP contribution in [0.15, 0.2) is 36.4 Å². The number of rotatable bonds is 7. The minimum Gasteiger partial charge on any atom is -0.494 e. The molecular weight excluding hydrogens is 401 g/mol. The summed E-state index contributed by atoms with van der Waals surface area (Å²) in [6.45, 7) is 8.45. The quantitative estimate of drug-likeness (QED) is 0.441. The first-order chi connectivity index (χ1) is 15.0. The Bertz CT molecular complexity index is 856. The van der Waals surface area contributed by atoms with Gasteiger partial charge in [0.1, 0.15) is 11.6 Å². The van der Waals surface area contributed by atoms with E-state index < -0.39 is 11.6 Å². The molecule has 2 aromatic carbocycles. The van der Waals surface area contributed by atoms with Crippen LogP contribution in [-0.2, 0) is 0 Å². The molecule has 0 aliphatic heterocycles. The average Bonchev–Trinajstić information content (AvgIpc) is 2.79. The van der Waals surface area contributed by atoms with Crippen molar-refractivity contribution in [2.45, 2.75) is 59.3 Å². The van der Waals surface area contributed by atoms with Crippen molar-refractivity contribution in [1.29, 1.82) is 0 Å². The number of hydrogen-bond donors (Lipinski definition) is 0. The van der Waals surface area contributed by atoms with Crippen molar-refractivity contribution in [3.8, 4) is 11.5 Å². The first-order valence-electron chi connectivity index (χ1n) is 11.2. The molecule has 0 saturated heterocycles. The maximum Gasteiger partial charge on any atom is 0.201 e. The van der Waals surface area contributed by atoms with Crippen LogP contribution in [0.5, 0.6) is 11.5 Å². The van der Waals surface area contributed by atoms with E-state index in [9.17, 15) is 13.2 Å². The van der Waals surface area contributed by atoms with Gasteiger partial charge in [-0.2, -0.15) is 4.39 Å². The lowest BCUT2D eigenvalue weighted by Gasteiger charge is -2.29. The van der Waals surface area contributed by atoms with Gasteiger partial charge in [-0.3, -0.25) is 0 Å². The Morgan fingerprint density at radius 3 is 2.26 bits per heavy atom. The molecule has 0 unspecified atom stereocenters. The Morgan fingerprint density at radius 1 is 0.935 bits per heavy atom. The van der Waals surface area contributed by atoms with E-state index in [0.717, 1.165) is 31.2 Å². The van der Waals surface area contributed by atoms with E-state index in [4.69, 9.17) is 9.47 Å². The van der Waals surface area contributed by atoms with E-state index in [1.807, 2.05) is 32.9 Å². The summed E-state index contributed by atoms with van der Waals surface area (Å²) >= 11 is 0. The van der Waals surface area contributed by atoms with Crippen molar-refractivity contribution < 1.29 is 22.6 Å². The van der Waals surface area contributed by atoms with Gasteiger partial charge in [0.15, 0.2) is 11.6 Å². The summed E-state index contributed by atoms with van der Waals surface area (Å²) in [5.41, 5.74) is 0.927. The molecule has 0 amide bonds. The van der Waals surface area contributed by atoms with E-state index in [0.29, 0.717) is 19.0 Å². The lowest BCUT2D eigenvalue weighted by molar-refractivity contribution is 0.192. The predicted molar refractivity (Wildman–Crippen MR) is 120 cm³/mol. The highest BCUT2D eigenvalue weighted by atomic mass is 19.2. The average molecular weight is 435 g/mol. The van der Waals surface area contributed by atoms with Gasteiger partial charge in [-0.1, -0.05) is 32.1 Å². The van der Waals surface area contributed by atoms with Gasteiger partial charge in [0.05, 0.1) is 13.2 Å². The summed E-state index contributed by atoms with van der Waals surface area (Å²) in [5, 5.41) is 0. The minimum atomic E-state index is -0.953. The molecule has 0 bridgehead atoms. The molecule has 0 spiro atoms. The van der Waals surface area contributed by atoms with Gasteiger partial charge in [-0.05, 0) is 75.1 Å². The molecule has 0 N–H and O–H groups in total. The summed E-state index contributed by atoms with van der Waals surface area (Å²) in [7, 11) is 0. The van der Waals surface area contributed by atoms with Crippen LogP contribution in [0.3, 0.4) is 0 Å². The number of ether oxygens (including phenoxy) is 2. The second-order valence-corrected chi connectivity index (χ2v) is 7.43. The topological polar surface area (TPSA) is 18.5 Å². The minimum absolute atomic E-state index is 0.0598. The van der Waals surface area contributed by atoms with E-state index in [2.05, 4.69) is 0 Å². The number of benzene rings is 2. The van der Waals surface area contributed by atoms with E-state index in [1.165, 1.54) is 24.3 Å². The summed E-state index contributed by atoms with van der Waals surface area (Å²) in [4.78, 5) is 0. The maximum absolute atomic E-state index is 14.4. The van der Waals surface area contributed by atoms with Crippen LogP contribution in [-0.4, -0.2) is 13.2 Å². The Kier molecular flexibility index (Phi) is 9.96. The third kappa shape index (κ3) is 6.52. The molecule has 2 aromatic rings. The van der Waals surface area contributed by atoms with Gasteiger partial charge in [-0.25, -0.2) is 8.78 Å². The number of allylic oxidation sites excluding steroid dienone is 1. The second kappa shape index (κ2) is 12.4. The van der Waals surface area contributed by atoms with Crippen LogP contribution in [0, 0.1) is 23.4 Å². The third-order valence-corrected chi connectivity index (χ3v) is 5.47. The van der Waals surface area contributed by atoms with E-state index in [1.54, 1.807) is 13.0 Å². The molecule has 0 aromatic heterocycles. The highest BCUT2D eigenvalue weighted by molar-refractivity contribution is 5.51. The van der Waals surface area contributed by atoms with Crippen LogP contribution in [0.25, 0.3) is 6.08 Å². The molecule has 3 rings (SSSR count). The molecule has 1 saturated carbocycles. The Labute approximate surface area is 184 Å². The van der Waals surface area contributed by atoms with Crippen LogP contribution >= 0.6 is 0 Å². The fraction of sp³-hybridized carbons (Fsp3) is 0.462. The molecular formula is C26H33F3O2. The van der Waals surface area contributed by atoms with Crippen molar-refractivity contribution in [1.82, 2.24) is 0 Å². The standard InChI is InChI=1S/C24H27F3O2.C2H6/c1-3-5-18-10-13-22(24(27)23(18)26)29-15-16-6-8-17(9-7-16)20-12-11-19(28-4-2)14-21(20)25;1-2/h3,5,10-14,16-17H,4,6-9,15H2,1-2H3;1-2H3/b5-3+;. The SMILES string of the molecule is C/C=C/c1ccc(OCC2CCC(c3ccc(OCC)cc3F)CC2)c(F)c1F.CC. The normalized spacial score (nSPS) is 18.4. The van der Waals surface area contributed by atoms with Gasteiger partial charge in [0.2, 0.25) is 5.82 Å². The van der Waals surface area contributed by atoms with Gasteiger partial charge in [-0.15, -0.1) is 0 Å². The van der Waals surface area contributed by atoms with Crippen molar-refractivity contribution in [3.63, 3.8) is 0 Å². The molecule has 5 heteroatoms. The molecule has 0 heterocycles. The molecule has 170 valence electrons. The van der Waals surface area contributed by atoms with Gasteiger partial charge in [0.25, 0.3) is 0 Å². The van der Waals surface area contributed by atoms with Crippen LogP contribution in [0.2, 0.25) is 0 Å². The molecule has 31 heavy (non-hydrogen) atoms. The predicted octanol–water partition coefficient (Wildman–Crippen LogP) is 7.91. The van der Waals surface area contributed by atoms with E-state index in [-0.39, 0.29) is 29.0 Å². The largest absolute Gasteiger partial charge is 0.494 e. The van der Waals surface area contributed by atoms with Crippen LogP contribution in [0.1, 0.15) is 70.4 Å². The summed E-state index contributed by atoms with van der Waals surface area (Å²) in [5.74, 6) is -1.18. The zero-order valence-electron chi connectivity index (χ0n) is 18.9. The molecule has 0 radical (unpaired) electrons. The summed E-state index contributed by atoms with van der Waals surface area (Å²) < 4.78 is 53.5. The smallest absolute Gasteiger partial charge is 0.201 e. The fourth-order valence-electron chi connectivity index (χ4n) is 3.91.